The molecule has 0 saturated carbocycles. The number of aliphatic hydroxyl groups is 1. The molecule has 0 fully saturated rings. The Bertz CT molecular complexity index is 494. The molecule has 1 aromatic rings. The van der Waals surface area contributed by atoms with E-state index in [1.165, 1.54) is 22.9 Å². The Hall–Kier alpha value is -1.62. The monoisotopic (exact) mass is 280 g/mol. The number of nitrogens with one attached hydrogen (secondary N) is 1. The van der Waals surface area contributed by atoms with Crippen LogP contribution in [0.1, 0.15) is 37.0 Å². The van der Waals surface area contributed by atoms with E-state index in [0.29, 0.717) is 24.4 Å². The summed E-state index contributed by atoms with van der Waals surface area (Å²) in [5.74, 6) is 0.616. The second kappa shape index (κ2) is 7.85. The molecule has 1 heterocycles. The van der Waals surface area contributed by atoms with Gasteiger partial charge in [0.25, 0.3) is 5.91 Å². The third-order valence-electron chi connectivity index (χ3n) is 3.24. The van der Waals surface area contributed by atoms with E-state index >= 15 is 0 Å². The second-order valence-electron chi connectivity index (χ2n) is 5.58. The molecular weight excluding hydrogens is 256 g/mol. The Morgan fingerprint density at radius 2 is 2.10 bits per heavy atom. The van der Waals surface area contributed by atoms with Crippen LogP contribution < -0.4 is 10.9 Å². The smallest absolute Gasteiger partial charge is 0.252 e. The molecule has 112 valence electrons. The van der Waals surface area contributed by atoms with Crippen molar-refractivity contribution in [1.29, 1.82) is 0 Å². The Kier molecular flexibility index (Phi) is 6.45. The second-order valence-corrected chi connectivity index (χ2v) is 5.58. The molecule has 0 radical (unpaired) electrons. The Morgan fingerprint density at radius 1 is 1.40 bits per heavy atom. The van der Waals surface area contributed by atoms with Gasteiger partial charge in [-0.25, -0.2) is 0 Å². The first-order valence-electron chi connectivity index (χ1n) is 6.99. The van der Waals surface area contributed by atoms with E-state index in [0.717, 1.165) is 6.42 Å². The summed E-state index contributed by atoms with van der Waals surface area (Å²) in [4.78, 5) is 23.3. The van der Waals surface area contributed by atoms with Crippen LogP contribution in [0.2, 0.25) is 0 Å². The van der Waals surface area contributed by atoms with Crippen LogP contribution in [-0.4, -0.2) is 28.7 Å². The number of aromatic nitrogens is 1. The maximum Gasteiger partial charge on any atom is 0.252 e. The van der Waals surface area contributed by atoms with Gasteiger partial charge in [0.1, 0.15) is 0 Å². The zero-order chi connectivity index (χ0) is 15.1. The number of hydrogen-bond acceptors (Lipinski definition) is 3. The topological polar surface area (TPSA) is 71.3 Å². The predicted octanol–water partition coefficient (Wildman–Crippen LogP) is 1.16. The third-order valence-corrected chi connectivity index (χ3v) is 3.24. The van der Waals surface area contributed by atoms with Crippen molar-refractivity contribution in [2.75, 3.05) is 13.2 Å². The first kappa shape index (κ1) is 16.4. The van der Waals surface area contributed by atoms with Gasteiger partial charge in [-0.3, -0.25) is 9.59 Å². The molecular formula is C15H24N2O3. The van der Waals surface area contributed by atoms with E-state index in [2.05, 4.69) is 19.2 Å². The first-order valence-corrected chi connectivity index (χ1v) is 6.99. The normalized spacial score (nSPS) is 12.4. The van der Waals surface area contributed by atoms with Gasteiger partial charge in [0.15, 0.2) is 0 Å². The molecule has 1 unspecified atom stereocenters. The molecule has 1 aromatic heterocycles. The fourth-order valence-electron chi connectivity index (χ4n) is 2.22. The lowest BCUT2D eigenvalue weighted by Gasteiger charge is -2.18. The van der Waals surface area contributed by atoms with E-state index < -0.39 is 0 Å². The fourth-order valence-corrected chi connectivity index (χ4v) is 2.22. The number of aliphatic hydroxyl groups excluding tert-OH is 1. The van der Waals surface area contributed by atoms with E-state index in [9.17, 15) is 9.59 Å². The van der Waals surface area contributed by atoms with Gasteiger partial charge in [0.05, 0.1) is 5.56 Å². The Morgan fingerprint density at radius 3 is 2.65 bits per heavy atom. The maximum absolute atomic E-state index is 12.0. The number of amides is 1. The highest BCUT2D eigenvalue weighted by Gasteiger charge is 2.13. The van der Waals surface area contributed by atoms with Crippen LogP contribution in [0, 0.1) is 11.8 Å². The molecule has 0 aliphatic carbocycles. The quantitative estimate of drug-likeness (QED) is 0.787. The van der Waals surface area contributed by atoms with Crippen LogP contribution in [0.25, 0.3) is 0 Å². The molecule has 1 atom stereocenters. The van der Waals surface area contributed by atoms with Crippen molar-refractivity contribution >= 4 is 5.91 Å². The molecule has 0 aromatic carbocycles. The summed E-state index contributed by atoms with van der Waals surface area (Å²) in [6.07, 6.45) is 3.18. The highest BCUT2D eigenvalue weighted by molar-refractivity contribution is 5.93. The van der Waals surface area contributed by atoms with E-state index in [1.807, 2.05) is 0 Å². The minimum atomic E-state index is -0.188. The molecule has 1 rings (SSSR count). The lowest BCUT2D eigenvalue weighted by Crippen LogP contribution is -2.31. The maximum atomic E-state index is 12.0. The molecule has 20 heavy (non-hydrogen) atoms. The number of aryl methyl sites for hydroxylation is 1. The molecule has 0 spiro atoms. The average Bonchev–Trinajstić information content (AvgIpc) is 2.38. The summed E-state index contributed by atoms with van der Waals surface area (Å²) in [5, 5.41) is 11.9. The van der Waals surface area contributed by atoms with Crippen molar-refractivity contribution in [3.05, 3.63) is 34.2 Å². The van der Waals surface area contributed by atoms with Crippen LogP contribution in [0.15, 0.2) is 23.1 Å². The Balaban J connectivity index is 2.60. The van der Waals surface area contributed by atoms with Crippen molar-refractivity contribution < 1.29 is 9.90 Å². The molecule has 0 bridgehead atoms. The first-order chi connectivity index (χ1) is 9.43. The average molecular weight is 280 g/mol. The summed E-state index contributed by atoms with van der Waals surface area (Å²) in [6, 6.07) is 2.91. The van der Waals surface area contributed by atoms with Gasteiger partial charge in [0, 0.05) is 32.5 Å². The fraction of sp³-hybridized carbons (Fsp3) is 0.600. The van der Waals surface area contributed by atoms with E-state index in [-0.39, 0.29) is 24.0 Å². The van der Waals surface area contributed by atoms with E-state index in [1.54, 1.807) is 7.05 Å². The molecule has 0 aliphatic rings. The summed E-state index contributed by atoms with van der Waals surface area (Å²) in [7, 11) is 1.62. The molecule has 5 nitrogen and oxygen atoms in total. The number of hydrogen-bond donors (Lipinski definition) is 2. The van der Waals surface area contributed by atoms with Crippen LogP contribution in [0.5, 0.6) is 0 Å². The number of carbonyl (C=O) groups is 1. The van der Waals surface area contributed by atoms with Gasteiger partial charge in [-0.05, 0) is 30.7 Å². The summed E-state index contributed by atoms with van der Waals surface area (Å²) < 4.78 is 1.38. The van der Waals surface area contributed by atoms with Crippen molar-refractivity contribution in [2.45, 2.75) is 26.7 Å². The number of pyridine rings is 1. The minimum absolute atomic E-state index is 0.132. The van der Waals surface area contributed by atoms with Crippen LogP contribution in [-0.2, 0) is 7.05 Å². The highest BCUT2D eigenvalue weighted by atomic mass is 16.3. The highest BCUT2D eigenvalue weighted by Crippen LogP contribution is 2.14. The zero-order valence-electron chi connectivity index (χ0n) is 12.4. The van der Waals surface area contributed by atoms with Crippen molar-refractivity contribution in [3.63, 3.8) is 0 Å². The summed E-state index contributed by atoms with van der Waals surface area (Å²) >= 11 is 0. The lowest BCUT2D eigenvalue weighted by atomic mass is 9.94. The van der Waals surface area contributed by atoms with Crippen LogP contribution in [0.4, 0.5) is 0 Å². The molecule has 0 saturated heterocycles. The molecule has 1 amide bonds. The van der Waals surface area contributed by atoms with Crippen LogP contribution >= 0.6 is 0 Å². The SMILES string of the molecule is CC(C)CC(CCO)CNC(=O)c1ccc(=O)n(C)c1. The number of carbonyl (C=O) groups excluding carboxylic acids is 1. The standard InChI is InChI=1S/C15H24N2O3/c1-11(2)8-12(6-7-18)9-16-15(20)13-4-5-14(19)17(3)10-13/h4-5,10-12,18H,6-9H2,1-3H3,(H,16,20). The van der Waals surface area contributed by atoms with Crippen LogP contribution in [0.3, 0.4) is 0 Å². The van der Waals surface area contributed by atoms with Gasteiger partial charge in [-0.15, -0.1) is 0 Å². The summed E-state index contributed by atoms with van der Waals surface area (Å²) in [6.45, 7) is 4.92. The van der Waals surface area contributed by atoms with Crippen molar-refractivity contribution in [3.8, 4) is 0 Å². The lowest BCUT2D eigenvalue weighted by molar-refractivity contribution is 0.0940. The Labute approximate surface area is 119 Å². The summed E-state index contributed by atoms with van der Waals surface area (Å²) in [5.41, 5.74) is 0.332. The number of nitrogens with zero attached hydrogens (tertiary/aromatic N) is 1. The molecule has 2 N–H and O–H groups in total. The predicted molar refractivity (Wildman–Crippen MR) is 78.7 cm³/mol. The van der Waals surface area contributed by atoms with Crippen molar-refractivity contribution in [1.82, 2.24) is 9.88 Å². The van der Waals surface area contributed by atoms with Crippen molar-refractivity contribution in [2.24, 2.45) is 18.9 Å². The largest absolute Gasteiger partial charge is 0.396 e. The zero-order valence-corrected chi connectivity index (χ0v) is 12.4. The van der Waals surface area contributed by atoms with E-state index in [4.69, 9.17) is 5.11 Å². The van der Waals surface area contributed by atoms with Gasteiger partial charge in [0.2, 0.25) is 5.56 Å². The van der Waals surface area contributed by atoms with Gasteiger partial charge in [-0.2, -0.15) is 0 Å². The number of rotatable bonds is 7. The van der Waals surface area contributed by atoms with Gasteiger partial charge < -0.3 is 15.0 Å². The minimum Gasteiger partial charge on any atom is -0.396 e. The molecule has 0 aliphatic heterocycles. The molecule has 5 heteroatoms. The van der Waals surface area contributed by atoms with Gasteiger partial charge >= 0.3 is 0 Å². The third kappa shape index (κ3) is 5.17. The van der Waals surface area contributed by atoms with Gasteiger partial charge in [-0.1, -0.05) is 13.8 Å².